The molecule has 3 aromatic rings. The molecule has 0 spiro atoms. The van der Waals surface area contributed by atoms with Crippen molar-refractivity contribution in [3.8, 4) is 17.1 Å². The summed E-state index contributed by atoms with van der Waals surface area (Å²) in [6, 6.07) is 13.4. The maximum absolute atomic E-state index is 12.4. The summed E-state index contributed by atoms with van der Waals surface area (Å²) >= 11 is 0. The molecule has 2 aromatic carbocycles. The first-order chi connectivity index (χ1) is 14.5. The fraction of sp³-hybridized carbons (Fsp3) is 0.375. The zero-order valence-electron chi connectivity index (χ0n) is 18.1. The third kappa shape index (κ3) is 5.47. The summed E-state index contributed by atoms with van der Waals surface area (Å²) in [5.41, 5.74) is 3.87. The van der Waals surface area contributed by atoms with Gasteiger partial charge >= 0.3 is 0 Å². The van der Waals surface area contributed by atoms with Crippen molar-refractivity contribution < 1.29 is 14.1 Å². The predicted octanol–water partition coefficient (Wildman–Crippen LogP) is 5.53. The monoisotopic (exact) mass is 407 g/mol. The first-order valence-corrected chi connectivity index (χ1v) is 10.4. The van der Waals surface area contributed by atoms with Crippen molar-refractivity contribution in [2.75, 3.05) is 11.9 Å². The van der Waals surface area contributed by atoms with E-state index >= 15 is 0 Å². The Hall–Kier alpha value is -3.15. The van der Waals surface area contributed by atoms with E-state index in [4.69, 9.17) is 9.26 Å². The van der Waals surface area contributed by atoms with E-state index in [1.807, 2.05) is 37.3 Å². The molecule has 0 aliphatic carbocycles. The zero-order chi connectivity index (χ0) is 21.5. The van der Waals surface area contributed by atoms with Crippen LogP contribution in [0.1, 0.15) is 56.5 Å². The van der Waals surface area contributed by atoms with Crippen molar-refractivity contribution in [2.24, 2.45) is 0 Å². The summed E-state index contributed by atoms with van der Waals surface area (Å²) in [7, 11) is 0. The minimum absolute atomic E-state index is 0.0609. The Labute approximate surface area is 177 Å². The SMILES string of the molecule is CCCCc1nc(-c2ccc(OCC(=O)Nc3c(C)cccc3C(C)C)cc2)no1. The lowest BCUT2D eigenvalue weighted by atomic mass is 9.98. The average Bonchev–Trinajstić information content (AvgIpc) is 3.21. The van der Waals surface area contributed by atoms with Crippen molar-refractivity contribution in [3.63, 3.8) is 0 Å². The van der Waals surface area contributed by atoms with E-state index in [1.165, 1.54) is 0 Å². The highest BCUT2D eigenvalue weighted by molar-refractivity contribution is 5.93. The fourth-order valence-electron chi connectivity index (χ4n) is 3.17. The molecular formula is C24H29N3O3. The lowest BCUT2D eigenvalue weighted by Crippen LogP contribution is -2.21. The number of hydrogen-bond donors (Lipinski definition) is 1. The van der Waals surface area contributed by atoms with Gasteiger partial charge in [0.25, 0.3) is 5.91 Å². The maximum atomic E-state index is 12.4. The molecule has 1 N–H and O–H groups in total. The van der Waals surface area contributed by atoms with Crippen molar-refractivity contribution in [1.29, 1.82) is 0 Å². The van der Waals surface area contributed by atoms with Crippen LogP contribution in [-0.2, 0) is 11.2 Å². The number of aromatic nitrogens is 2. The van der Waals surface area contributed by atoms with Crippen molar-refractivity contribution in [1.82, 2.24) is 10.1 Å². The van der Waals surface area contributed by atoms with Gasteiger partial charge in [-0.05, 0) is 54.7 Å². The number of aryl methyl sites for hydroxylation is 2. The number of rotatable bonds is 9. The number of carbonyl (C=O) groups excluding carboxylic acids is 1. The second-order valence-electron chi connectivity index (χ2n) is 7.67. The largest absolute Gasteiger partial charge is 0.484 e. The minimum Gasteiger partial charge on any atom is -0.484 e. The molecule has 0 aliphatic heterocycles. The first kappa shape index (κ1) is 21.6. The molecule has 6 heteroatoms. The summed E-state index contributed by atoms with van der Waals surface area (Å²) in [6.07, 6.45) is 2.90. The highest BCUT2D eigenvalue weighted by Gasteiger charge is 2.13. The van der Waals surface area contributed by atoms with E-state index in [-0.39, 0.29) is 12.5 Å². The van der Waals surface area contributed by atoms with Crippen LogP contribution in [0.2, 0.25) is 0 Å². The number of carbonyl (C=O) groups is 1. The Morgan fingerprint density at radius 3 is 2.63 bits per heavy atom. The van der Waals surface area contributed by atoms with Crippen molar-refractivity contribution >= 4 is 11.6 Å². The van der Waals surface area contributed by atoms with Crippen LogP contribution in [-0.4, -0.2) is 22.7 Å². The Balaban J connectivity index is 1.58. The topological polar surface area (TPSA) is 77.2 Å². The molecule has 1 aromatic heterocycles. The van der Waals surface area contributed by atoms with Gasteiger partial charge in [0.2, 0.25) is 11.7 Å². The van der Waals surface area contributed by atoms with E-state index in [2.05, 4.69) is 36.2 Å². The molecule has 0 fully saturated rings. The van der Waals surface area contributed by atoms with Crippen LogP contribution in [0.15, 0.2) is 47.0 Å². The molecule has 158 valence electrons. The third-order valence-electron chi connectivity index (χ3n) is 4.89. The molecule has 0 radical (unpaired) electrons. The summed E-state index contributed by atoms with van der Waals surface area (Å²) in [4.78, 5) is 16.8. The van der Waals surface area contributed by atoms with Gasteiger partial charge in [0.1, 0.15) is 5.75 Å². The quantitative estimate of drug-likeness (QED) is 0.505. The maximum Gasteiger partial charge on any atom is 0.262 e. The second-order valence-corrected chi connectivity index (χ2v) is 7.67. The summed E-state index contributed by atoms with van der Waals surface area (Å²) in [5, 5.41) is 7.02. The lowest BCUT2D eigenvalue weighted by molar-refractivity contribution is -0.118. The van der Waals surface area contributed by atoms with Crippen molar-refractivity contribution in [3.05, 3.63) is 59.5 Å². The highest BCUT2D eigenvalue weighted by atomic mass is 16.5. The Morgan fingerprint density at radius 2 is 1.93 bits per heavy atom. The van der Waals surface area contributed by atoms with Crippen LogP contribution in [0.4, 0.5) is 5.69 Å². The molecule has 1 amide bonds. The van der Waals surface area contributed by atoms with Crippen molar-refractivity contribution in [2.45, 2.75) is 52.9 Å². The fourth-order valence-corrected chi connectivity index (χ4v) is 3.17. The highest BCUT2D eigenvalue weighted by Crippen LogP contribution is 2.27. The van der Waals surface area contributed by atoms with Gasteiger partial charge in [0, 0.05) is 17.7 Å². The van der Waals surface area contributed by atoms with Crippen LogP contribution < -0.4 is 10.1 Å². The molecule has 0 aliphatic rings. The Kier molecular flexibility index (Phi) is 7.22. The Bertz CT molecular complexity index is 978. The number of anilines is 1. The minimum atomic E-state index is -0.186. The second kappa shape index (κ2) is 10.1. The van der Waals surface area contributed by atoms with Gasteiger partial charge in [-0.2, -0.15) is 4.98 Å². The molecule has 30 heavy (non-hydrogen) atoms. The van der Waals surface area contributed by atoms with Gasteiger partial charge in [0.15, 0.2) is 6.61 Å². The van der Waals surface area contributed by atoms with Gasteiger partial charge in [0.05, 0.1) is 0 Å². The lowest BCUT2D eigenvalue weighted by Gasteiger charge is -2.16. The number of nitrogens with one attached hydrogen (secondary N) is 1. The average molecular weight is 408 g/mol. The molecule has 0 bridgehead atoms. The molecule has 0 unspecified atom stereocenters. The number of ether oxygens (including phenoxy) is 1. The van der Waals surface area contributed by atoms with Crippen LogP contribution in [0.5, 0.6) is 5.75 Å². The Morgan fingerprint density at radius 1 is 1.17 bits per heavy atom. The standard InChI is InChI=1S/C24H29N3O3/c1-5-6-10-22-26-24(27-30-22)18-11-13-19(14-12-18)29-15-21(28)25-23-17(4)8-7-9-20(23)16(2)3/h7-9,11-14,16H,5-6,10,15H2,1-4H3,(H,25,28). The first-order valence-electron chi connectivity index (χ1n) is 10.4. The van der Waals surface area contributed by atoms with Crippen LogP contribution in [0.3, 0.4) is 0 Å². The molecule has 0 atom stereocenters. The molecule has 0 saturated carbocycles. The predicted molar refractivity (Wildman–Crippen MR) is 118 cm³/mol. The molecule has 3 rings (SSSR count). The molecule has 0 saturated heterocycles. The van der Waals surface area contributed by atoms with E-state index in [1.54, 1.807) is 12.1 Å². The number of hydrogen-bond acceptors (Lipinski definition) is 5. The van der Waals surface area contributed by atoms with Gasteiger partial charge in [-0.1, -0.05) is 50.5 Å². The number of para-hydroxylation sites is 1. The number of unbranched alkanes of at least 4 members (excludes halogenated alkanes) is 1. The summed E-state index contributed by atoms with van der Waals surface area (Å²) in [5.74, 6) is 1.96. The third-order valence-corrected chi connectivity index (χ3v) is 4.89. The summed E-state index contributed by atoms with van der Waals surface area (Å²) < 4.78 is 10.9. The normalized spacial score (nSPS) is 11.0. The van der Waals surface area contributed by atoms with E-state index in [9.17, 15) is 4.79 Å². The molecule has 6 nitrogen and oxygen atoms in total. The summed E-state index contributed by atoms with van der Waals surface area (Å²) in [6.45, 7) is 8.28. The smallest absolute Gasteiger partial charge is 0.262 e. The van der Waals surface area contributed by atoms with Crippen LogP contribution >= 0.6 is 0 Å². The number of benzene rings is 2. The van der Waals surface area contributed by atoms with E-state index < -0.39 is 0 Å². The van der Waals surface area contributed by atoms with Gasteiger partial charge in [-0.15, -0.1) is 0 Å². The molecular weight excluding hydrogens is 378 g/mol. The zero-order valence-corrected chi connectivity index (χ0v) is 18.1. The number of nitrogens with zero attached hydrogens (tertiary/aromatic N) is 2. The van der Waals surface area contributed by atoms with Gasteiger partial charge in [-0.25, -0.2) is 0 Å². The van der Waals surface area contributed by atoms with E-state index in [0.29, 0.717) is 23.4 Å². The molecule has 1 heterocycles. The van der Waals surface area contributed by atoms with Gasteiger partial charge in [-0.3, -0.25) is 4.79 Å². The van der Waals surface area contributed by atoms with Crippen LogP contribution in [0, 0.1) is 6.92 Å². The van der Waals surface area contributed by atoms with E-state index in [0.717, 1.165) is 41.6 Å². The van der Waals surface area contributed by atoms with Crippen LogP contribution in [0.25, 0.3) is 11.4 Å². The number of amides is 1. The van der Waals surface area contributed by atoms with Gasteiger partial charge < -0.3 is 14.6 Å².